The van der Waals surface area contributed by atoms with Gasteiger partial charge in [-0.25, -0.2) is 0 Å². The zero-order valence-corrected chi connectivity index (χ0v) is 12.8. The van der Waals surface area contributed by atoms with Gasteiger partial charge in [-0.05, 0) is 56.1 Å². The van der Waals surface area contributed by atoms with Gasteiger partial charge in [0.15, 0.2) is 0 Å². The van der Waals surface area contributed by atoms with Gasteiger partial charge in [0.1, 0.15) is 0 Å². The van der Waals surface area contributed by atoms with Crippen LogP contribution in [0.15, 0.2) is 54.6 Å². The Bertz CT molecular complexity index is 540. The molecule has 1 N–H and O–H groups in total. The molecule has 0 saturated carbocycles. The molecule has 3 rings (SSSR count). The van der Waals surface area contributed by atoms with Gasteiger partial charge in [-0.3, -0.25) is 0 Å². The zero-order chi connectivity index (χ0) is 14.5. The van der Waals surface area contributed by atoms with Gasteiger partial charge in [0.05, 0.1) is 0 Å². The van der Waals surface area contributed by atoms with Crippen molar-refractivity contribution in [3.63, 3.8) is 0 Å². The molecule has 0 bridgehead atoms. The first-order valence-electron chi connectivity index (χ1n) is 7.91. The standard InChI is InChI=1S/C19H24N2/c1-20-12-7-13-21(18-10-3-2-4-11-18)19-14-16-8-5-6-9-17(16)15-19/h2-6,8-11,19-20H,7,12-15H2,1H3. The fraction of sp³-hybridized carbons (Fsp3) is 0.368. The van der Waals surface area contributed by atoms with E-state index in [-0.39, 0.29) is 0 Å². The van der Waals surface area contributed by atoms with Crippen molar-refractivity contribution in [2.24, 2.45) is 0 Å². The molecule has 2 aromatic rings. The van der Waals surface area contributed by atoms with E-state index in [2.05, 4.69) is 64.8 Å². The van der Waals surface area contributed by atoms with Crippen molar-refractivity contribution in [3.05, 3.63) is 65.7 Å². The van der Waals surface area contributed by atoms with Crippen molar-refractivity contribution in [1.29, 1.82) is 0 Å². The molecular weight excluding hydrogens is 256 g/mol. The van der Waals surface area contributed by atoms with E-state index in [1.54, 1.807) is 0 Å². The van der Waals surface area contributed by atoms with Crippen LogP contribution >= 0.6 is 0 Å². The normalized spacial score (nSPS) is 14.1. The van der Waals surface area contributed by atoms with Gasteiger partial charge in [-0.1, -0.05) is 42.5 Å². The Morgan fingerprint density at radius 1 is 0.952 bits per heavy atom. The van der Waals surface area contributed by atoms with Gasteiger partial charge in [0, 0.05) is 18.3 Å². The number of hydrogen-bond acceptors (Lipinski definition) is 2. The molecule has 110 valence electrons. The van der Waals surface area contributed by atoms with Crippen LogP contribution in [0.4, 0.5) is 5.69 Å². The predicted molar refractivity (Wildman–Crippen MR) is 90.0 cm³/mol. The Labute approximate surface area is 127 Å². The first-order valence-corrected chi connectivity index (χ1v) is 7.91. The molecule has 0 aliphatic heterocycles. The summed E-state index contributed by atoms with van der Waals surface area (Å²) in [6.45, 7) is 2.19. The topological polar surface area (TPSA) is 15.3 Å². The van der Waals surface area contributed by atoms with Crippen LogP contribution in [0.3, 0.4) is 0 Å². The van der Waals surface area contributed by atoms with Crippen LogP contribution in [0.5, 0.6) is 0 Å². The highest BCUT2D eigenvalue weighted by Crippen LogP contribution is 2.28. The van der Waals surface area contributed by atoms with Crippen LogP contribution in [0, 0.1) is 0 Å². The molecule has 2 aromatic carbocycles. The molecule has 0 spiro atoms. The van der Waals surface area contributed by atoms with Crippen LogP contribution in [0.2, 0.25) is 0 Å². The minimum Gasteiger partial charge on any atom is -0.368 e. The lowest BCUT2D eigenvalue weighted by Crippen LogP contribution is -2.37. The number of nitrogens with one attached hydrogen (secondary N) is 1. The highest BCUT2D eigenvalue weighted by Gasteiger charge is 2.26. The average Bonchev–Trinajstić information content (AvgIpc) is 2.96. The van der Waals surface area contributed by atoms with Crippen molar-refractivity contribution in [1.82, 2.24) is 5.32 Å². The second kappa shape index (κ2) is 6.77. The summed E-state index contributed by atoms with van der Waals surface area (Å²) >= 11 is 0. The van der Waals surface area contributed by atoms with Crippen molar-refractivity contribution in [2.45, 2.75) is 25.3 Å². The molecule has 0 radical (unpaired) electrons. The fourth-order valence-corrected chi connectivity index (χ4v) is 3.32. The minimum atomic E-state index is 0.599. The van der Waals surface area contributed by atoms with E-state index in [9.17, 15) is 0 Å². The lowest BCUT2D eigenvalue weighted by molar-refractivity contribution is 0.590. The van der Waals surface area contributed by atoms with Crippen LogP contribution in [-0.4, -0.2) is 26.2 Å². The second-order valence-corrected chi connectivity index (χ2v) is 5.82. The van der Waals surface area contributed by atoms with Gasteiger partial charge in [-0.2, -0.15) is 0 Å². The molecule has 0 unspecified atom stereocenters. The van der Waals surface area contributed by atoms with Crippen LogP contribution in [0.25, 0.3) is 0 Å². The van der Waals surface area contributed by atoms with E-state index < -0.39 is 0 Å². The maximum atomic E-state index is 3.26. The molecule has 2 heteroatoms. The lowest BCUT2D eigenvalue weighted by Gasteiger charge is -2.31. The third-order valence-corrected chi connectivity index (χ3v) is 4.38. The molecule has 0 fully saturated rings. The largest absolute Gasteiger partial charge is 0.368 e. The Hall–Kier alpha value is -1.80. The molecule has 1 aliphatic carbocycles. The molecule has 21 heavy (non-hydrogen) atoms. The molecule has 0 atom stereocenters. The van der Waals surface area contributed by atoms with E-state index in [1.165, 1.54) is 36.1 Å². The molecular formula is C19H24N2. The molecule has 0 amide bonds. The van der Waals surface area contributed by atoms with Crippen molar-refractivity contribution < 1.29 is 0 Å². The summed E-state index contributed by atoms with van der Waals surface area (Å²) in [6.07, 6.45) is 3.52. The van der Waals surface area contributed by atoms with Crippen LogP contribution in [0.1, 0.15) is 17.5 Å². The summed E-state index contributed by atoms with van der Waals surface area (Å²) in [5.41, 5.74) is 4.40. The van der Waals surface area contributed by atoms with E-state index in [4.69, 9.17) is 0 Å². The van der Waals surface area contributed by atoms with E-state index >= 15 is 0 Å². The number of fused-ring (bicyclic) bond motifs is 1. The molecule has 0 heterocycles. The third kappa shape index (κ3) is 3.27. The maximum absolute atomic E-state index is 3.26. The van der Waals surface area contributed by atoms with Crippen molar-refractivity contribution >= 4 is 5.69 Å². The van der Waals surface area contributed by atoms with Gasteiger partial charge < -0.3 is 10.2 Å². The summed E-state index contributed by atoms with van der Waals surface area (Å²) in [6, 6.07) is 20.3. The van der Waals surface area contributed by atoms with Crippen molar-refractivity contribution in [3.8, 4) is 0 Å². The number of nitrogens with zero attached hydrogens (tertiary/aromatic N) is 1. The maximum Gasteiger partial charge on any atom is 0.0370 e. The first kappa shape index (κ1) is 14.2. The van der Waals surface area contributed by atoms with E-state index in [1.807, 2.05) is 7.05 Å². The van der Waals surface area contributed by atoms with Gasteiger partial charge in [0.2, 0.25) is 0 Å². The summed E-state index contributed by atoms with van der Waals surface area (Å²) in [4.78, 5) is 2.59. The first-order chi connectivity index (χ1) is 10.4. The summed E-state index contributed by atoms with van der Waals surface area (Å²) in [5.74, 6) is 0. The number of rotatable bonds is 6. The highest BCUT2D eigenvalue weighted by molar-refractivity contribution is 5.49. The molecule has 2 nitrogen and oxygen atoms in total. The van der Waals surface area contributed by atoms with Gasteiger partial charge in [-0.15, -0.1) is 0 Å². The summed E-state index contributed by atoms with van der Waals surface area (Å²) < 4.78 is 0. The van der Waals surface area contributed by atoms with Gasteiger partial charge in [0.25, 0.3) is 0 Å². The fourth-order valence-electron chi connectivity index (χ4n) is 3.32. The van der Waals surface area contributed by atoms with E-state index in [0.29, 0.717) is 6.04 Å². The SMILES string of the molecule is CNCCCN(c1ccccc1)C1Cc2ccccc2C1. The number of para-hydroxylation sites is 1. The van der Waals surface area contributed by atoms with Crippen molar-refractivity contribution in [2.75, 3.05) is 25.0 Å². The number of anilines is 1. The minimum absolute atomic E-state index is 0.599. The lowest BCUT2D eigenvalue weighted by atomic mass is 10.1. The van der Waals surface area contributed by atoms with E-state index in [0.717, 1.165) is 13.1 Å². The Morgan fingerprint density at radius 2 is 1.57 bits per heavy atom. The zero-order valence-electron chi connectivity index (χ0n) is 12.8. The highest BCUT2D eigenvalue weighted by atomic mass is 15.2. The molecule has 1 aliphatic rings. The summed E-state index contributed by atoms with van der Waals surface area (Å²) in [5, 5.41) is 3.26. The quantitative estimate of drug-likeness (QED) is 0.817. The monoisotopic (exact) mass is 280 g/mol. The Kier molecular flexibility index (Phi) is 4.56. The Balaban J connectivity index is 1.77. The second-order valence-electron chi connectivity index (χ2n) is 5.82. The molecule has 0 aromatic heterocycles. The summed E-state index contributed by atoms with van der Waals surface area (Å²) in [7, 11) is 2.03. The number of benzene rings is 2. The average molecular weight is 280 g/mol. The Morgan fingerprint density at radius 3 is 2.19 bits per heavy atom. The predicted octanol–water partition coefficient (Wildman–Crippen LogP) is 3.27. The smallest absolute Gasteiger partial charge is 0.0370 e. The molecule has 0 saturated heterocycles. The van der Waals surface area contributed by atoms with Gasteiger partial charge >= 0.3 is 0 Å². The number of hydrogen-bond donors (Lipinski definition) is 1. The van der Waals surface area contributed by atoms with Crippen LogP contribution < -0.4 is 10.2 Å². The third-order valence-electron chi connectivity index (χ3n) is 4.38. The van der Waals surface area contributed by atoms with Crippen LogP contribution in [-0.2, 0) is 12.8 Å².